The molecule has 0 aliphatic carbocycles. The number of hydrogen-bond donors (Lipinski definition) is 0. The molecule has 0 radical (unpaired) electrons. The molecule has 0 saturated heterocycles. The first-order chi connectivity index (χ1) is 5.13. The number of hydrogen-bond acceptors (Lipinski definition) is 0. The van der Waals surface area contributed by atoms with Crippen molar-refractivity contribution in [2.45, 2.75) is 24.3 Å². The second-order valence-corrected chi connectivity index (χ2v) is 6.85. The van der Waals surface area contributed by atoms with Crippen LogP contribution in [-0.2, 0) is 0 Å². The summed E-state index contributed by atoms with van der Waals surface area (Å²) in [5.74, 6) is 6.92. The molecule has 0 nitrogen and oxygen atoms in total. The van der Waals surface area contributed by atoms with E-state index in [1.807, 2.05) is 18.2 Å². The molecule has 60 valence electrons. The Hall–Kier alpha value is -0.248. The molecule has 11 heavy (non-hydrogen) atoms. The fourth-order valence-electron chi connectivity index (χ4n) is 0.534. The minimum absolute atomic E-state index is 0.139. The van der Waals surface area contributed by atoms with Crippen molar-refractivity contribution in [3.8, 4) is 0 Å². The predicted molar refractivity (Wildman–Crippen MR) is 54.5 cm³/mol. The summed E-state index contributed by atoms with van der Waals surface area (Å²) in [6.07, 6.45) is 0. The van der Waals surface area contributed by atoms with Crippen LogP contribution in [0, 0.1) is 6.92 Å². The standard InChI is InChI=1S/C7H8.3CH3.Al/c1-7-5-3-2-4-6-7;;;;/h2-6H,1H3;3*1H3;/i;;;;1-25. The van der Waals surface area contributed by atoms with E-state index in [9.17, 15) is 0 Å². The second kappa shape index (κ2) is 6.46. The zero-order valence-electron chi connectivity index (χ0n) is 7.96. The number of rotatable bonds is 0. The Bertz CT molecular complexity index is 165. The molecule has 1 aromatic carbocycles. The highest BCUT2D eigenvalue weighted by Gasteiger charge is 1.81. The summed E-state index contributed by atoms with van der Waals surface area (Å²) in [6.45, 7) is 2.08. The van der Waals surface area contributed by atoms with Gasteiger partial charge in [-0.15, -0.1) is 17.4 Å². The van der Waals surface area contributed by atoms with E-state index in [4.69, 9.17) is 0 Å². The molecule has 0 fully saturated rings. The zero-order valence-corrected chi connectivity index (χ0v) is 9.12. The van der Waals surface area contributed by atoms with Crippen molar-refractivity contribution in [3.63, 3.8) is 0 Å². The van der Waals surface area contributed by atoms with Gasteiger partial charge in [-0.3, -0.25) is 0 Å². The lowest BCUT2D eigenvalue weighted by Crippen LogP contribution is -1.84. The van der Waals surface area contributed by atoms with Crippen LogP contribution in [0.1, 0.15) is 5.56 Å². The van der Waals surface area contributed by atoms with Crippen molar-refractivity contribution < 1.29 is 0 Å². The van der Waals surface area contributed by atoms with Crippen molar-refractivity contribution in [3.05, 3.63) is 35.9 Å². The molecule has 0 aromatic heterocycles. The Balaban J connectivity index is 0.000000218. The Morgan fingerprint density at radius 1 is 0.909 bits per heavy atom. The molecule has 0 bridgehead atoms. The smallest absolute Gasteiger partial charge is 0.106 e. The lowest BCUT2D eigenvalue weighted by atomic mass is 1.71. The van der Waals surface area contributed by atoms with Gasteiger partial charge < -0.3 is 0 Å². The molecule has 0 saturated carbocycles. The van der Waals surface area contributed by atoms with Crippen molar-refractivity contribution >= 4 is 14.1 Å². The van der Waals surface area contributed by atoms with Crippen molar-refractivity contribution in [2.24, 2.45) is 0 Å². The third kappa shape index (κ3) is 9.75. The molecule has 0 atom stereocenters. The van der Waals surface area contributed by atoms with Crippen molar-refractivity contribution in [1.29, 1.82) is 0 Å². The third-order valence-corrected chi connectivity index (χ3v) is 0.940. The minimum Gasteiger partial charge on any atom is -0.106 e. The second-order valence-electron chi connectivity index (χ2n) is 3.39. The van der Waals surface area contributed by atoms with Crippen LogP contribution in [0.3, 0.4) is 0 Å². The summed E-state index contributed by atoms with van der Waals surface area (Å²) in [4.78, 5) is 0. The van der Waals surface area contributed by atoms with Gasteiger partial charge in [0.05, 0.1) is 0 Å². The first-order valence-electron chi connectivity index (χ1n) is 4.14. The molecular weight excluding hydrogens is 122 g/mol. The highest BCUT2D eigenvalue weighted by Crippen LogP contribution is 1.92. The average Bonchev–Trinajstić information content (AvgIpc) is 1.87. The summed E-state index contributed by atoms with van der Waals surface area (Å²) >= 11 is -0.139. The third-order valence-electron chi connectivity index (χ3n) is 0.940. The van der Waals surface area contributed by atoms with Crippen LogP contribution in [0.5, 0.6) is 0 Å². The van der Waals surface area contributed by atoms with Gasteiger partial charge in [-0.1, -0.05) is 35.9 Å². The van der Waals surface area contributed by atoms with Gasteiger partial charge in [0.1, 0.15) is 0 Å². The maximum atomic E-state index is 2.31. The van der Waals surface area contributed by atoms with Crippen LogP contribution in [0.25, 0.3) is 0 Å². The molecule has 1 rings (SSSR count). The van der Waals surface area contributed by atoms with Crippen molar-refractivity contribution in [1.82, 2.24) is 0 Å². The Morgan fingerprint density at radius 2 is 1.27 bits per heavy atom. The van der Waals surface area contributed by atoms with E-state index in [0.29, 0.717) is 0 Å². The lowest BCUT2D eigenvalue weighted by Gasteiger charge is -1.82. The van der Waals surface area contributed by atoms with E-state index < -0.39 is 0 Å². The summed E-state index contributed by atoms with van der Waals surface area (Å²) in [5.41, 5.74) is 1.32. The summed E-state index contributed by atoms with van der Waals surface area (Å²) in [7, 11) is 0. The van der Waals surface area contributed by atoms with Crippen LogP contribution in [0.2, 0.25) is 17.4 Å². The van der Waals surface area contributed by atoms with Crippen LogP contribution in [0.15, 0.2) is 30.3 Å². The fourth-order valence-corrected chi connectivity index (χ4v) is 0.534. The molecule has 0 aliphatic rings. The molecule has 1 heteroatoms. The maximum absolute atomic E-state index is 2.31. The van der Waals surface area contributed by atoms with Crippen LogP contribution in [0.4, 0.5) is 0 Å². The van der Waals surface area contributed by atoms with E-state index in [0.717, 1.165) is 0 Å². The fraction of sp³-hybridized carbons (Fsp3) is 0.400. The number of aryl methyl sites for hydroxylation is 1. The Labute approximate surface area is 74.6 Å². The van der Waals surface area contributed by atoms with E-state index in [1.54, 1.807) is 0 Å². The van der Waals surface area contributed by atoms with Gasteiger partial charge in [0.25, 0.3) is 14.1 Å². The molecule has 0 heterocycles. The van der Waals surface area contributed by atoms with Gasteiger partial charge in [-0.25, -0.2) is 0 Å². The lowest BCUT2D eigenvalue weighted by molar-refractivity contribution is 1.48. The average molecular weight is 139 g/mol. The van der Waals surface area contributed by atoms with Crippen LogP contribution in [-0.4, -0.2) is 14.1 Å². The van der Waals surface area contributed by atoms with E-state index in [-0.39, 0.29) is 14.1 Å². The van der Waals surface area contributed by atoms with Crippen LogP contribution >= 0.6 is 0 Å². The topological polar surface area (TPSA) is 0 Å². The first-order valence-corrected chi connectivity index (χ1v) is 7.61. The van der Waals surface area contributed by atoms with Gasteiger partial charge in [-0.05, 0) is 6.92 Å². The monoisotopic (exact) mass is 139 g/mol. The molecule has 0 unspecified atom stereocenters. The summed E-state index contributed by atoms with van der Waals surface area (Å²) in [5, 5.41) is 0. The predicted octanol–water partition coefficient (Wildman–Crippen LogP) is 3.37. The molecule has 0 spiro atoms. The molecule has 0 N–H and O–H groups in total. The quantitative estimate of drug-likeness (QED) is 0.483. The summed E-state index contributed by atoms with van der Waals surface area (Å²) < 4.78 is 0. The van der Waals surface area contributed by atoms with Crippen molar-refractivity contribution in [2.75, 3.05) is 0 Å². The zero-order chi connectivity index (χ0) is 8.69. The number of benzene rings is 1. The highest BCUT2D eigenvalue weighted by molar-refractivity contribution is 6.54. The SMILES string of the molecule is Cc1ccccc1.[CH3][2Al]([CH3])[CH3]. The van der Waals surface area contributed by atoms with Gasteiger partial charge in [0.2, 0.25) is 0 Å². The maximum Gasteiger partial charge on any atom is 0.251 e. The minimum atomic E-state index is -0.139. The van der Waals surface area contributed by atoms with Gasteiger partial charge in [0.15, 0.2) is 0 Å². The van der Waals surface area contributed by atoms with Crippen LogP contribution < -0.4 is 0 Å². The van der Waals surface area contributed by atoms with E-state index >= 15 is 0 Å². The first kappa shape index (κ1) is 10.8. The molecule has 0 aliphatic heterocycles. The summed E-state index contributed by atoms with van der Waals surface area (Å²) in [6, 6.07) is 10.3. The normalized spacial score (nSPS) is 8.00. The van der Waals surface area contributed by atoms with Gasteiger partial charge >= 0.3 is 0 Å². The van der Waals surface area contributed by atoms with Gasteiger partial charge in [-0.2, -0.15) is 0 Å². The van der Waals surface area contributed by atoms with Gasteiger partial charge in [0, 0.05) is 0 Å². The molecule has 1 aromatic rings. The Kier molecular flexibility index (Phi) is 6.32. The Morgan fingerprint density at radius 3 is 1.45 bits per heavy atom. The van der Waals surface area contributed by atoms with E-state index in [1.165, 1.54) is 5.56 Å². The van der Waals surface area contributed by atoms with E-state index in [2.05, 4.69) is 36.4 Å². The molecule has 0 amide bonds. The largest absolute Gasteiger partial charge is 0.251 e. The highest BCUT2D eigenvalue weighted by atomic mass is 13.8. The molecular formula is C10H17Al.